The quantitative estimate of drug-likeness (QED) is 0.492. The minimum atomic E-state index is -4.53. The Labute approximate surface area is 184 Å². The number of alkyl halides is 3. The third-order valence-corrected chi connectivity index (χ3v) is 6.11. The molecule has 3 rings (SSSR count). The van der Waals surface area contributed by atoms with E-state index in [0.717, 1.165) is 18.4 Å². The fourth-order valence-corrected chi connectivity index (χ4v) is 4.40. The molecule has 0 aromatic heterocycles. The third kappa shape index (κ3) is 5.79. The van der Waals surface area contributed by atoms with Crippen LogP contribution in [0, 0.1) is 5.82 Å². The highest BCUT2D eigenvalue weighted by atomic mass is 19.4. The van der Waals surface area contributed by atoms with E-state index in [2.05, 4.69) is 5.32 Å². The molecule has 0 saturated heterocycles. The number of nitrogens with one attached hydrogen (secondary N) is 1. The molecular weight excluding hydrogens is 426 g/mol. The van der Waals surface area contributed by atoms with E-state index in [4.69, 9.17) is 9.84 Å². The molecule has 4 nitrogen and oxygen atoms in total. The SMILES string of the molecule is COc1cc([C@@H](C)N[C@H]2CCC(c3ccc(CCC(=O)O)c(C(F)(F)F)c3)C2)ccc1F. The first-order valence-corrected chi connectivity index (χ1v) is 10.6. The van der Waals surface area contributed by atoms with Crippen molar-refractivity contribution < 1.29 is 32.2 Å². The number of aliphatic carboxylic acids is 1. The summed E-state index contributed by atoms with van der Waals surface area (Å²) in [5.74, 6) is -1.41. The van der Waals surface area contributed by atoms with Crippen molar-refractivity contribution in [3.8, 4) is 5.75 Å². The zero-order valence-corrected chi connectivity index (χ0v) is 18.0. The number of methoxy groups -OCH3 is 1. The molecule has 1 aliphatic carbocycles. The molecule has 0 bridgehead atoms. The van der Waals surface area contributed by atoms with E-state index >= 15 is 0 Å². The summed E-state index contributed by atoms with van der Waals surface area (Å²) in [4.78, 5) is 10.8. The first-order chi connectivity index (χ1) is 15.1. The van der Waals surface area contributed by atoms with Gasteiger partial charge in [-0.05, 0) is 73.4 Å². The van der Waals surface area contributed by atoms with Gasteiger partial charge in [-0.1, -0.05) is 18.2 Å². The second-order valence-corrected chi connectivity index (χ2v) is 8.30. The lowest BCUT2D eigenvalue weighted by Crippen LogP contribution is -2.29. The van der Waals surface area contributed by atoms with Gasteiger partial charge >= 0.3 is 12.1 Å². The van der Waals surface area contributed by atoms with Gasteiger partial charge in [0.2, 0.25) is 0 Å². The van der Waals surface area contributed by atoms with E-state index in [1.54, 1.807) is 18.2 Å². The molecule has 0 aliphatic heterocycles. The number of carboxylic acids is 1. The number of benzene rings is 2. The van der Waals surface area contributed by atoms with E-state index in [-0.39, 0.29) is 42.2 Å². The lowest BCUT2D eigenvalue weighted by Gasteiger charge is -2.21. The number of rotatable bonds is 8. The Kier molecular flexibility index (Phi) is 7.44. The maximum Gasteiger partial charge on any atom is 0.416 e. The Morgan fingerprint density at radius 1 is 1.22 bits per heavy atom. The lowest BCUT2D eigenvalue weighted by atomic mass is 9.92. The number of carbonyl (C=O) groups is 1. The molecule has 0 radical (unpaired) electrons. The molecule has 1 unspecified atom stereocenters. The highest BCUT2D eigenvalue weighted by Gasteiger charge is 2.35. The van der Waals surface area contributed by atoms with Crippen LogP contribution in [0.2, 0.25) is 0 Å². The fraction of sp³-hybridized carbons (Fsp3) is 0.458. The van der Waals surface area contributed by atoms with Gasteiger partial charge in [0.15, 0.2) is 11.6 Å². The molecule has 0 spiro atoms. The van der Waals surface area contributed by atoms with Crippen molar-refractivity contribution in [2.24, 2.45) is 0 Å². The van der Waals surface area contributed by atoms with Gasteiger partial charge in [0.25, 0.3) is 0 Å². The van der Waals surface area contributed by atoms with Gasteiger partial charge in [0, 0.05) is 18.5 Å². The van der Waals surface area contributed by atoms with Gasteiger partial charge in [-0.15, -0.1) is 0 Å². The van der Waals surface area contributed by atoms with E-state index < -0.39 is 23.5 Å². The van der Waals surface area contributed by atoms with Gasteiger partial charge in [0.1, 0.15) is 0 Å². The number of carboxylic acid groups (broad SMARTS) is 1. The van der Waals surface area contributed by atoms with Crippen LogP contribution in [0.4, 0.5) is 17.6 Å². The van der Waals surface area contributed by atoms with Crippen LogP contribution >= 0.6 is 0 Å². The third-order valence-electron chi connectivity index (χ3n) is 6.11. The monoisotopic (exact) mass is 453 g/mol. The number of aryl methyl sites for hydroxylation is 1. The number of ether oxygens (including phenoxy) is 1. The van der Waals surface area contributed by atoms with Gasteiger partial charge in [-0.2, -0.15) is 13.2 Å². The normalized spacial score (nSPS) is 19.7. The molecule has 2 aromatic carbocycles. The predicted molar refractivity (Wildman–Crippen MR) is 112 cm³/mol. The number of hydrogen-bond acceptors (Lipinski definition) is 3. The average Bonchev–Trinajstić information content (AvgIpc) is 3.20. The van der Waals surface area contributed by atoms with Crippen molar-refractivity contribution in [1.29, 1.82) is 0 Å². The number of hydrogen-bond donors (Lipinski definition) is 2. The molecule has 174 valence electrons. The summed E-state index contributed by atoms with van der Waals surface area (Å²) in [6.45, 7) is 1.96. The Bertz CT molecular complexity index is 961. The summed E-state index contributed by atoms with van der Waals surface area (Å²) in [6.07, 6.45) is -2.77. The van der Waals surface area contributed by atoms with Crippen molar-refractivity contribution in [2.45, 2.75) is 63.2 Å². The molecule has 3 atom stereocenters. The Hall–Kier alpha value is -2.61. The van der Waals surface area contributed by atoms with Gasteiger partial charge in [-0.3, -0.25) is 4.79 Å². The molecule has 2 N–H and O–H groups in total. The molecule has 0 heterocycles. The Morgan fingerprint density at radius 3 is 2.62 bits per heavy atom. The van der Waals surface area contributed by atoms with Crippen LogP contribution in [-0.2, 0) is 17.4 Å². The summed E-state index contributed by atoms with van der Waals surface area (Å²) in [6, 6.07) is 9.01. The molecule has 0 amide bonds. The first kappa shape index (κ1) is 24.0. The standard InChI is InChI=1S/C24H27F4NO3/c1-14(16-6-9-21(25)22(13-16)32-2)29-19-8-5-17(11-19)18-4-3-15(7-10-23(30)31)20(12-18)24(26,27)28/h3-4,6,9,12-14,17,19,29H,5,7-8,10-11H2,1-2H3,(H,30,31)/t14-,17?,19+/m1/s1. The molecule has 1 fully saturated rings. The Balaban J connectivity index is 1.69. The molecule has 8 heteroatoms. The first-order valence-electron chi connectivity index (χ1n) is 10.6. The van der Waals surface area contributed by atoms with Gasteiger partial charge < -0.3 is 15.2 Å². The second kappa shape index (κ2) is 9.90. The van der Waals surface area contributed by atoms with Crippen LogP contribution in [0.25, 0.3) is 0 Å². The minimum absolute atomic E-state index is 0.00945. The van der Waals surface area contributed by atoms with Crippen molar-refractivity contribution in [3.05, 3.63) is 64.5 Å². The summed E-state index contributed by atoms with van der Waals surface area (Å²) >= 11 is 0. The largest absolute Gasteiger partial charge is 0.494 e. The molecule has 32 heavy (non-hydrogen) atoms. The molecule has 2 aromatic rings. The van der Waals surface area contributed by atoms with Crippen LogP contribution in [0.5, 0.6) is 5.75 Å². The summed E-state index contributed by atoms with van der Waals surface area (Å²) in [5, 5.41) is 12.3. The minimum Gasteiger partial charge on any atom is -0.494 e. The van der Waals surface area contributed by atoms with E-state index in [1.165, 1.54) is 25.3 Å². The van der Waals surface area contributed by atoms with Crippen molar-refractivity contribution >= 4 is 5.97 Å². The van der Waals surface area contributed by atoms with Crippen molar-refractivity contribution in [2.75, 3.05) is 7.11 Å². The smallest absolute Gasteiger partial charge is 0.416 e. The zero-order chi connectivity index (χ0) is 23.5. The molecule has 1 saturated carbocycles. The number of halogens is 4. The zero-order valence-electron chi connectivity index (χ0n) is 18.0. The lowest BCUT2D eigenvalue weighted by molar-refractivity contribution is -0.140. The fourth-order valence-electron chi connectivity index (χ4n) is 4.40. The average molecular weight is 453 g/mol. The molecular formula is C24H27F4NO3. The van der Waals surface area contributed by atoms with E-state index in [0.29, 0.717) is 12.0 Å². The topological polar surface area (TPSA) is 58.6 Å². The van der Waals surface area contributed by atoms with Crippen LogP contribution < -0.4 is 10.1 Å². The summed E-state index contributed by atoms with van der Waals surface area (Å²) < 4.78 is 59.4. The van der Waals surface area contributed by atoms with E-state index in [1.807, 2.05) is 6.92 Å². The summed E-state index contributed by atoms with van der Waals surface area (Å²) in [5.41, 5.74) is 0.750. The maximum absolute atomic E-state index is 13.7. The van der Waals surface area contributed by atoms with Crippen LogP contribution in [0.1, 0.15) is 66.8 Å². The summed E-state index contributed by atoms with van der Waals surface area (Å²) in [7, 11) is 1.41. The van der Waals surface area contributed by atoms with Crippen molar-refractivity contribution in [3.63, 3.8) is 0 Å². The highest BCUT2D eigenvalue weighted by molar-refractivity contribution is 5.67. The highest BCUT2D eigenvalue weighted by Crippen LogP contribution is 2.40. The predicted octanol–water partition coefficient (Wildman–Crippen LogP) is 5.86. The van der Waals surface area contributed by atoms with Crippen LogP contribution in [-0.4, -0.2) is 24.2 Å². The second-order valence-electron chi connectivity index (χ2n) is 8.30. The van der Waals surface area contributed by atoms with E-state index in [9.17, 15) is 22.4 Å². The Morgan fingerprint density at radius 2 is 1.97 bits per heavy atom. The molecule has 1 aliphatic rings. The van der Waals surface area contributed by atoms with Gasteiger partial charge in [0.05, 0.1) is 12.7 Å². The van der Waals surface area contributed by atoms with Crippen LogP contribution in [0.3, 0.4) is 0 Å². The maximum atomic E-state index is 13.7. The van der Waals surface area contributed by atoms with Crippen LogP contribution in [0.15, 0.2) is 36.4 Å². The van der Waals surface area contributed by atoms with Crippen molar-refractivity contribution in [1.82, 2.24) is 5.32 Å². The van der Waals surface area contributed by atoms with Gasteiger partial charge in [-0.25, -0.2) is 4.39 Å².